The fraction of sp³-hybridized carbons (Fsp3) is 0.316. The van der Waals surface area contributed by atoms with Gasteiger partial charge in [0.1, 0.15) is 0 Å². The minimum absolute atomic E-state index is 0.115. The summed E-state index contributed by atoms with van der Waals surface area (Å²) in [5, 5.41) is 0. The van der Waals surface area contributed by atoms with E-state index < -0.39 is 15.8 Å². The summed E-state index contributed by atoms with van der Waals surface area (Å²) < 4.78 is 44.1. The first-order valence-electron chi connectivity index (χ1n) is 8.35. The number of sulfonamides is 1. The lowest BCUT2D eigenvalue weighted by Gasteiger charge is -2.21. The third-order valence-electron chi connectivity index (χ3n) is 4.14. The van der Waals surface area contributed by atoms with Crippen LogP contribution in [0, 0.1) is 5.82 Å². The molecule has 0 spiro atoms. The summed E-state index contributed by atoms with van der Waals surface area (Å²) in [6.45, 7) is 2.47. The lowest BCUT2D eigenvalue weighted by molar-refractivity contribution is 0.0752. The maximum absolute atomic E-state index is 13.9. The second-order valence-electron chi connectivity index (χ2n) is 6.10. The van der Waals surface area contributed by atoms with Gasteiger partial charge < -0.3 is 9.64 Å². The van der Waals surface area contributed by atoms with Crippen molar-refractivity contribution >= 4 is 15.9 Å². The van der Waals surface area contributed by atoms with E-state index in [1.165, 1.54) is 57.6 Å². The molecule has 1 amide bonds. The summed E-state index contributed by atoms with van der Waals surface area (Å²) in [6.07, 6.45) is 0. The SMILES string of the molecule is CCN(Cc1ccc(OC)c(F)c1)C(=O)c1ccc(S(=O)(=O)N(C)C)cc1. The third-order valence-corrected chi connectivity index (χ3v) is 5.97. The summed E-state index contributed by atoms with van der Waals surface area (Å²) in [6, 6.07) is 10.3. The number of ether oxygens (including phenoxy) is 1. The van der Waals surface area contributed by atoms with Crippen LogP contribution < -0.4 is 4.74 Å². The molecule has 0 fully saturated rings. The van der Waals surface area contributed by atoms with Crippen molar-refractivity contribution in [3.8, 4) is 5.75 Å². The number of hydrogen-bond donors (Lipinski definition) is 0. The van der Waals surface area contributed by atoms with Crippen molar-refractivity contribution in [2.24, 2.45) is 0 Å². The maximum atomic E-state index is 13.9. The van der Waals surface area contributed by atoms with E-state index in [0.29, 0.717) is 17.7 Å². The lowest BCUT2D eigenvalue weighted by Crippen LogP contribution is -2.30. The monoisotopic (exact) mass is 394 g/mol. The Bertz CT molecular complexity index is 912. The number of halogens is 1. The topological polar surface area (TPSA) is 66.9 Å². The summed E-state index contributed by atoms with van der Waals surface area (Å²) >= 11 is 0. The molecule has 0 saturated carbocycles. The standard InChI is InChI=1S/C19H23FN2O4S/c1-5-22(13-14-6-11-18(26-4)17(20)12-14)19(23)15-7-9-16(10-8-15)27(24,25)21(2)3/h6-12H,5,13H2,1-4H3. The lowest BCUT2D eigenvalue weighted by atomic mass is 10.1. The number of rotatable bonds is 7. The van der Waals surface area contributed by atoms with Crippen LogP contribution in [-0.4, -0.2) is 51.3 Å². The maximum Gasteiger partial charge on any atom is 0.254 e. The fourth-order valence-corrected chi connectivity index (χ4v) is 3.42. The molecule has 8 heteroatoms. The first kappa shape index (κ1) is 20.9. The highest BCUT2D eigenvalue weighted by Gasteiger charge is 2.19. The van der Waals surface area contributed by atoms with Gasteiger partial charge in [-0.2, -0.15) is 0 Å². The van der Waals surface area contributed by atoms with E-state index in [1.54, 1.807) is 11.0 Å². The Balaban J connectivity index is 2.20. The molecule has 0 saturated heterocycles. The van der Waals surface area contributed by atoms with Gasteiger partial charge in [-0.25, -0.2) is 17.1 Å². The van der Waals surface area contributed by atoms with Crippen LogP contribution in [0.3, 0.4) is 0 Å². The Morgan fingerprint density at radius 2 is 1.74 bits per heavy atom. The molecule has 2 aromatic rings. The van der Waals surface area contributed by atoms with E-state index in [2.05, 4.69) is 0 Å². The number of hydrogen-bond acceptors (Lipinski definition) is 4. The predicted octanol–water partition coefficient (Wildman–Crippen LogP) is 2.75. The zero-order valence-electron chi connectivity index (χ0n) is 15.8. The van der Waals surface area contributed by atoms with Crippen LogP contribution in [0.25, 0.3) is 0 Å². The Labute approximate surface area is 159 Å². The highest BCUT2D eigenvalue weighted by atomic mass is 32.2. The Hall–Kier alpha value is -2.45. The third kappa shape index (κ3) is 4.64. The average molecular weight is 394 g/mol. The molecule has 0 aromatic heterocycles. The van der Waals surface area contributed by atoms with E-state index in [4.69, 9.17) is 4.74 Å². The minimum Gasteiger partial charge on any atom is -0.494 e. The second kappa shape index (κ2) is 8.49. The summed E-state index contributed by atoms with van der Waals surface area (Å²) in [5.41, 5.74) is 0.999. The van der Waals surface area contributed by atoms with Crippen molar-refractivity contribution in [2.45, 2.75) is 18.4 Å². The molecule has 0 heterocycles. The largest absolute Gasteiger partial charge is 0.494 e. The van der Waals surface area contributed by atoms with Crippen molar-refractivity contribution in [1.82, 2.24) is 9.21 Å². The molecule has 6 nitrogen and oxygen atoms in total. The van der Waals surface area contributed by atoms with Crippen molar-refractivity contribution in [2.75, 3.05) is 27.7 Å². The van der Waals surface area contributed by atoms with Crippen molar-refractivity contribution < 1.29 is 22.3 Å². The molecule has 2 aromatic carbocycles. The fourth-order valence-electron chi connectivity index (χ4n) is 2.52. The van der Waals surface area contributed by atoms with Gasteiger partial charge in [-0.1, -0.05) is 6.07 Å². The first-order valence-corrected chi connectivity index (χ1v) is 9.79. The van der Waals surface area contributed by atoms with Gasteiger partial charge in [0, 0.05) is 32.7 Å². The van der Waals surface area contributed by atoms with Gasteiger partial charge in [0.25, 0.3) is 5.91 Å². The van der Waals surface area contributed by atoms with E-state index in [1.807, 2.05) is 6.92 Å². The highest BCUT2D eigenvalue weighted by molar-refractivity contribution is 7.89. The van der Waals surface area contributed by atoms with Gasteiger partial charge in [-0.05, 0) is 48.9 Å². The summed E-state index contributed by atoms with van der Waals surface area (Å²) in [4.78, 5) is 14.4. The van der Waals surface area contributed by atoms with E-state index in [9.17, 15) is 17.6 Å². The Morgan fingerprint density at radius 1 is 1.11 bits per heavy atom. The van der Waals surface area contributed by atoms with E-state index in [-0.39, 0.29) is 23.1 Å². The zero-order valence-corrected chi connectivity index (χ0v) is 16.6. The average Bonchev–Trinajstić information content (AvgIpc) is 2.65. The van der Waals surface area contributed by atoms with Gasteiger partial charge >= 0.3 is 0 Å². The number of benzene rings is 2. The number of nitrogens with zero attached hydrogens (tertiary/aromatic N) is 2. The zero-order chi connectivity index (χ0) is 20.2. The van der Waals surface area contributed by atoms with Crippen LogP contribution in [0.1, 0.15) is 22.8 Å². The molecular weight excluding hydrogens is 371 g/mol. The predicted molar refractivity (Wildman–Crippen MR) is 101 cm³/mol. The number of amides is 1. The molecule has 27 heavy (non-hydrogen) atoms. The smallest absolute Gasteiger partial charge is 0.254 e. The molecule has 0 bridgehead atoms. The molecule has 0 N–H and O–H groups in total. The van der Waals surface area contributed by atoms with Crippen LogP contribution in [0.5, 0.6) is 5.75 Å². The van der Waals surface area contributed by atoms with Crippen LogP contribution in [-0.2, 0) is 16.6 Å². The molecule has 146 valence electrons. The number of methoxy groups -OCH3 is 1. The molecule has 0 unspecified atom stereocenters. The number of carbonyl (C=O) groups is 1. The molecular formula is C19H23FN2O4S. The Kier molecular flexibility index (Phi) is 6.56. The van der Waals surface area contributed by atoms with E-state index >= 15 is 0 Å². The Morgan fingerprint density at radius 3 is 2.22 bits per heavy atom. The molecule has 0 aliphatic heterocycles. The second-order valence-corrected chi connectivity index (χ2v) is 8.25. The highest BCUT2D eigenvalue weighted by Crippen LogP contribution is 2.20. The van der Waals surface area contributed by atoms with Crippen LogP contribution in [0.15, 0.2) is 47.4 Å². The quantitative estimate of drug-likeness (QED) is 0.724. The van der Waals surface area contributed by atoms with Gasteiger partial charge in [0.05, 0.1) is 12.0 Å². The molecule has 0 atom stereocenters. The van der Waals surface area contributed by atoms with Gasteiger partial charge in [-0.3, -0.25) is 4.79 Å². The molecule has 0 aliphatic carbocycles. The minimum atomic E-state index is -3.55. The van der Waals surface area contributed by atoms with E-state index in [0.717, 1.165) is 4.31 Å². The summed E-state index contributed by atoms with van der Waals surface area (Å²) in [5.74, 6) is -0.606. The summed E-state index contributed by atoms with van der Waals surface area (Å²) in [7, 11) is 0.730. The van der Waals surface area contributed by atoms with Gasteiger partial charge in [-0.15, -0.1) is 0 Å². The number of carbonyl (C=O) groups excluding carboxylic acids is 1. The molecule has 2 rings (SSSR count). The molecule has 0 aliphatic rings. The normalized spacial score (nSPS) is 11.5. The van der Waals surface area contributed by atoms with Crippen LogP contribution in [0.2, 0.25) is 0 Å². The van der Waals surface area contributed by atoms with Crippen molar-refractivity contribution in [3.63, 3.8) is 0 Å². The van der Waals surface area contributed by atoms with Crippen molar-refractivity contribution in [3.05, 3.63) is 59.4 Å². The van der Waals surface area contributed by atoms with Crippen molar-refractivity contribution in [1.29, 1.82) is 0 Å². The van der Waals surface area contributed by atoms with Gasteiger partial charge in [0.15, 0.2) is 11.6 Å². The van der Waals surface area contributed by atoms with Gasteiger partial charge in [0.2, 0.25) is 10.0 Å². The first-order chi connectivity index (χ1) is 12.7. The van der Waals surface area contributed by atoms with Crippen LogP contribution in [0.4, 0.5) is 4.39 Å². The van der Waals surface area contributed by atoms with Crippen LogP contribution >= 0.6 is 0 Å². The molecule has 0 radical (unpaired) electrons.